The van der Waals surface area contributed by atoms with Crippen LogP contribution in [-0.4, -0.2) is 37.6 Å². The molecule has 0 spiro atoms. The van der Waals surface area contributed by atoms with Gasteiger partial charge < -0.3 is 20.6 Å². The Morgan fingerprint density at radius 1 is 1.08 bits per heavy atom. The molecular formula is C18H19F2N3O3. The van der Waals surface area contributed by atoms with Gasteiger partial charge in [0, 0.05) is 32.4 Å². The summed E-state index contributed by atoms with van der Waals surface area (Å²) in [5.41, 5.74) is 1.07. The number of nitrogens with one attached hydrogen (secondary N) is 2. The molecule has 0 saturated heterocycles. The normalized spacial score (nSPS) is 11.6. The molecule has 2 aromatic rings. The van der Waals surface area contributed by atoms with E-state index in [9.17, 15) is 23.5 Å². The molecule has 0 aliphatic heterocycles. The maximum absolute atomic E-state index is 13.5. The van der Waals surface area contributed by atoms with E-state index >= 15 is 0 Å². The lowest BCUT2D eigenvalue weighted by molar-refractivity contribution is -0.136. The number of carbonyl (C=O) groups is 2. The van der Waals surface area contributed by atoms with E-state index in [0.717, 1.165) is 23.9 Å². The summed E-state index contributed by atoms with van der Waals surface area (Å²) < 4.78 is 26.5. The van der Waals surface area contributed by atoms with Gasteiger partial charge in [-0.15, -0.1) is 0 Å². The highest BCUT2D eigenvalue weighted by molar-refractivity contribution is 6.39. The molecule has 0 aromatic heterocycles. The molecule has 0 aliphatic carbocycles. The van der Waals surface area contributed by atoms with E-state index in [4.69, 9.17) is 0 Å². The molecule has 1 atom stereocenters. The summed E-state index contributed by atoms with van der Waals surface area (Å²) in [5, 5.41) is 14.3. The lowest BCUT2D eigenvalue weighted by Gasteiger charge is -2.15. The Hall–Kier alpha value is -3.00. The average Bonchev–Trinajstić information content (AvgIpc) is 2.62. The lowest BCUT2D eigenvalue weighted by Crippen LogP contribution is -2.37. The highest BCUT2D eigenvalue weighted by Gasteiger charge is 2.17. The second-order valence-electron chi connectivity index (χ2n) is 5.79. The third-order valence-corrected chi connectivity index (χ3v) is 3.63. The third kappa shape index (κ3) is 5.00. The second-order valence-corrected chi connectivity index (χ2v) is 5.79. The van der Waals surface area contributed by atoms with Crippen LogP contribution >= 0.6 is 0 Å². The Bertz CT molecular complexity index is 795. The summed E-state index contributed by atoms with van der Waals surface area (Å²) in [6, 6.07) is 9.51. The standard InChI is InChI=1S/C18H19F2N3O3/c1-23(2)13-6-3-11(4-7-13)16(24)10-21-17(25)18(26)22-15-9-12(19)5-8-14(15)20/h3-9,16,24H,10H2,1-2H3,(H,21,25)(H,22,26). The maximum Gasteiger partial charge on any atom is 0.313 e. The molecule has 0 fully saturated rings. The van der Waals surface area contributed by atoms with Gasteiger partial charge in [-0.2, -0.15) is 0 Å². The molecule has 0 aliphatic rings. The number of hydrogen-bond acceptors (Lipinski definition) is 4. The molecule has 0 radical (unpaired) electrons. The predicted molar refractivity (Wildman–Crippen MR) is 93.7 cm³/mol. The first-order valence-corrected chi connectivity index (χ1v) is 7.77. The van der Waals surface area contributed by atoms with E-state index in [-0.39, 0.29) is 6.54 Å². The van der Waals surface area contributed by atoms with Crippen molar-refractivity contribution in [2.45, 2.75) is 6.10 Å². The molecule has 0 saturated carbocycles. The molecule has 0 heterocycles. The van der Waals surface area contributed by atoms with Crippen LogP contribution in [0.15, 0.2) is 42.5 Å². The number of carbonyl (C=O) groups excluding carboxylic acids is 2. The summed E-state index contributed by atoms with van der Waals surface area (Å²) in [5.74, 6) is -3.85. The number of hydrogen-bond donors (Lipinski definition) is 3. The van der Waals surface area contributed by atoms with Gasteiger partial charge in [-0.1, -0.05) is 12.1 Å². The zero-order valence-corrected chi connectivity index (χ0v) is 14.3. The molecule has 6 nitrogen and oxygen atoms in total. The van der Waals surface area contributed by atoms with E-state index in [1.165, 1.54) is 0 Å². The Labute approximate surface area is 149 Å². The number of aliphatic hydroxyl groups is 1. The minimum atomic E-state index is -1.16. The van der Waals surface area contributed by atoms with E-state index in [2.05, 4.69) is 5.32 Å². The molecule has 2 amide bonds. The van der Waals surface area contributed by atoms with Gasteiger partial charge in [0.2, 0.25) is 0 Å². The molecule has 3 N–H and O–H groups in total. The van der Waals surface area contributed by atoms with Gasteiger partial charge in [0.25, 0.3) is 0 Å². The minimum absolute atomic E-state index is 0.209. The summed E-state index contributed by atoms with van der Waals surface area (Å²) in [6.45, 7) is -0.209. The summed E-state index contributed by atoms with van der Waals surface area (Å²) in [4.78, 5) is 25.4. The first-order valence-electron chi connectivity index (χ1n) is 7.77. The van der Waals surface area contributed by atoms with Gasteiger partial charge in [0.05, 0.1) is 11.8 Å². The van der Waals surface area contributed by atoms with E-state index in [0.29, 0.717) is 5.56 Å². The van der Waals surface area contributed by atoms with E-state index in [1.54, 1.807) is 24.3 Å². The number of anilines is 2. The van der Waals surface area contributed by atoms with Crippen LogP contribution in [0, 0.1) is 11.6 Å². The van der Waals surface area contributed by atoms with Crippen LogP contribution in [0.2, 0.25) is 0 Å². The van der Waals surface area contributed by atoms with Crippen molar-refractivity contribution in [3.63, 3.8) is 0 Å². The van der Waals surface area contributed by atoms with Crippen LogP contribution in [0.25, 0.3) is 0 Å². The third-order valence-electron chi connectivity index (χ3n) is 3.63. The van der Waals surface area contributed by atoms with Crippen molar-refractivity contribution in [1.82, 2.24) is 5.32 Å². The molecule has 26 heavy (non-hydrogen) atoms. The van der Waals surface area contributed by atoms with Gasteiger partial charge in [-0.25, -0.2) is 8.78 Å². The molecule has 2 rings (SSSR count). The number of benzene rings is 2. The molecule has 8 heteroatoms. The first-order chi connectivity index (χ1) is 12.3. The molecular weight excluding hydrogens is 344 g/mol. The first kappa shape index (κ1) is 19.3. The summed E-state index contributed by atoms with van der Waals surface area (Å²) in [6.07, 6.45) is -1.02. The van der Waals surface area contributed by atoms with Crippen molar-refractivity contribution < 1.29 is 23.5 Å². The fourth-order valence-electron chi connectivity index (χ4n) is 2.15. The quantitative estimate of drug-likeness (QED) is 0.708. The van der Waals surface area contributed by atoms with Crippen LogP contribution in [0.5, 0.6) is 0 Å². The fourth-order valence-corrected chi connectivity index (χ4v) is 2.15. The largest absolute Gasteiger partial charge is 0.387 e. The van der Waals surface area contributed by atoms with E-state index in [1.807, 2.05) is 24.3 Å². The van der Waals surface area contributed by atoms with Crippen molar-refractivity contribution in [3.05, 3.63) is 59.7 Å². The Balaban J connectivity index is 1.90. The van der Waals surface area contributed by atoms with Gasteiger partial charge in [0.15, 0.2) is 0 Å². The van der Waals surface area contributed by atoms with Crippen LogP contribution in [0.1, 0.15) is 11.7 Å². The monoisotopic (exact) mass is 363 g/mol. The van der Waals surface area contributed by atoms with E-state index < -0.39 is 35.2 Å². The van der Waals surface area contributed by atoms with Crippen molar-refractivity contribution in [3.8, 4) is 0 Å². The van der Waals surface area contributed by atoms with Gasteiger partial charge in [0.1, 0.15) is 11.6 Å². The zero-order chi connectivity index (χ0) is 19.3. The van der Waals surface area contributed by atoms with Crippen LogP contribution in [-0.2, 0) is 9.59 Å². The topological polar surface area (TPSA) is 81.7 Å². The number of nitrogens with zero attached hydrogens (tertiary/aromatic N) is 1. The van der Waals surface area contributed by atoms with Gasteiger partial charge in [-0.05, 0) is 29.8 Å². The second kappa shape index (κ2) is 8.39. The molecule has 1 unspecified atom stereocenters. The van der Waals surface area contributed by atoms with Crippen LogP contribution in [0.3, 0.4) is 0 Å². The predicted octanol–water partition coefficient (Wildman–Crippen LogP) is 1.82. The maximum atomic E-state index is 13.5. The van der Waals surface area contributed by atoms with Gasteiger partial charge >= 0.3 is 11.8 Å². The van der Waals surface area contributed by atoms with Gasteiger partial charge in [-0.3, -0.25) is 9.59 Å². The number of rotatable bonds is 5. The number of halogens is 2. The molecule has 138 valence electrons. The van der Waals surface area contributed by atoms with Crippen molar-refractivity contribution >= 4 is 23.2 Å². The Morgan fingerprint density at radius 3 is 2.35 bits per heavy atom. The smallest absolute Gasteiger partial charge is 0.313 e. The number of aliphatic hydroxyl groups excluding tert-OH is 1. The average molecular weight is 363 g/mol. The zero-order valence-electron chi connectivity index (χ0n) is 14.3. The highest BCUT2D eigenvalue weighted by Crippen LogP contribution is 2.18. The van der Waals surface area contributed by atoms with Crippen molar-refractivity contribution in [2.24, 2.45) is 0 Å². The molecule has 0 bridgehead atoms. The van der Waals surface area contributed by atoms with Crippen LogP contribution in [0.4, 0.5) is 20.2 Å². The van der Waals surface area contributed by atoms with Crippen LogP contribution < -0.4 is 15.5 Å². The lowest BCUT2D eigenvalue weighted by atomic mass is 10.1. The van der Waals surface area contributed by atoms with Crippen molar-refractivity contribution in [1.29, 1.82) is 0 Å². The SMILES string of the molecule is CN(C)c1ccc(C(O)CNC(=O)C(=O)Nc2cc(F)ccc2F)cc1. The minimum Gasteiger partial charge on any atom is -0.387 e. The Morgan fingerprint density at radius 2 is 1.73 bits per heavy atom. The highest BCUT2D eigenvalue weighted by atomic mass is 19.1. The number of amides is 2. The van der Waals surface area contributed by atoms with Crippen molar-refractivity contribution in [2.75, 3.05) is 30.9 Å². The summed E-state index contributed by atoms with van der Waals surface area (Å²) in [7, 11) is 3.76. The summed E-state index contributed by atoms with van der Waals surface area (Å²) >= 11 is 0. The molecule has 2 aromatic carbocycles. The fraction of sp³-hybridized carbons (Fsp3) is 0.222. The Kier molecular flexibility index (Phi) is 6.24.